The Morgan fingerprint density at radius 2 is 1.88 bits per heavy atom. The Bertz CT molecular complexity index is 1200. The molecule has 4 rings (SSSR count). The number of aromatic nitrogens is 2. The summed E-state index contributed by atoms with van der Waals surface area (Å²) in [7, 11) is -2.62. The number of carbonyl (C=O) groups is 1. The molecule has 2 aliphatic rings. The Morgan fingerprint density at radius 3 is 2.53 bits per heavy atom. The Morgan fingerprint density at radius 1 is 1.18 bits per heavy atom. The Hall–Kier alpha value is -2.63. The third kappa shape index (κ3) is 5.37. The fourth-order valence-corrected chi connectivity index (χ4v) is 5.74. The van der Waals surface area contributed by atoms with Gasteiger partial charge in [-0.25, -0.2) is 8.42 Å². The first-order valence-electron chi connectivity index (χ1n) is 11.1. The first-order chi connectivity index (χ1) is 16.3. The van der Waals surface area contributed by atoms with Crippen molar-refractivity contribution in [1.82, 2.24) is 14.1 Å². The van der Waals surface area contributed by atoms with Gasteiger partial charge in [-0.2, -0.15) is 14.1 Å². The van der Waals surface area contributed by atoms with Crippen molar-refractivity contribution < 1.29 is 22.7 Å². The molecule has 1 saturated carbocycles. The lowest BCUT2D eigenvalue weighted by Gasteiger charge is -2.35. The van der Waals surface area contributed by atoms with E-state index in [-0.39, 0.29) is 24.9 Å². The molecular formula is C22H27ClN4O6S. The van der Waals surface area contributed by atoms with Crippen molar-refractivity contribution in [2.75, 3.05) is 43.9 Å². The van der Waals surface area contributed by atoms with E-state index in [1.165, 1.54) is 8.99 Å². The number of rotatable bonds is 7. The van der Waals surface area contributed by atoms with Crippen molar-refractivity contribution in [2.24, 2.45) is 0 Å². The molecule has 0 radical (unpaired) electrons. The van der Waals surface area contributed by atoms with E-state index in [1.807, 2.05) is 4.90 Å². The minimum absolute atomic E-state index is 0.0524. The van der Waals surface area contributed by atoms with Crippen LogP contribution in [0.15, 0.2) is 35.3 Å². The van der Waals surface area contributed by atoms with Gasteiger partial charge in [-0.3, -0.25) is 9.59 Å². The number of hydrogen-bond acceptors (Lipinski definition) is 8. The second-order valence-electron chi connectivity index (χ2n) is 8.30. The zero-order chi connectivity index (χ0) is 24.3. The zero-order valence-electron chi connectivity index (χ0n) is 18.9. The summed E-state index contributed by atoms with van der Waals surface area (Å²) in [5.41, 5.74) is 0.659. The number of methoxy groups -OCH3 is 1. The first-order valence-corrected chi connectivity index (χ1v) is 13.1. The number of hydrogen-bond donors (Lipinski definition) is 0. The largest absolute Gasteiger partial charge is 0.483 e. The van der Waals surface area contributed by atoms with Gasteiger partial charge >= 0.3 is 11.5 Å². The SMILES string of the molecule is COC(=O)CS(=O)(=O)N1CCN(c2cnn(-c3cccc(Cl)c3)c(=O)c2OC2CCCC2)CC1. The minimum Gasteiger partial charge on any atom is -0.483 e. The molecule has 0 spiro atoms. The molecule has 1 aliphatic carbocycles. The second kappa shape index (κ2) is 10.3. The lowest BCUT2D eigenvalue weighted by atomic mass is 10.2. The highest BCUT2D eigenvalue weighted by Gasteiger charge is 2.32. The number of sulfonamides is 1. The van der Waals surface area contributed by atoms with Gasteiger partial charge in [0, 0.05) is 31.2 Å². The fourth-order valence-electron chi connectivity index (χ4n) is 4.24. The summed E-state index contributed by atoms with van der Waals surface area (Å²) in [5, 5.41) is 4.83. The number of piperazine rings is 1. The molecule has 1 aromatic carbocycles. The Labute approximate surface area is 203 Å². The van der Waals surface area contributed by atoms with Gasteiger partial charge in [0.1, 0.15) is 5.69 Å². The molecule has 10 nitrogen and oxygen atoms in total. The maximum atomic E-state index is 13.5. The highest BCUT2D eigenvalue weighted by atomic mass is 35.5. The van der Waals surface area contributed by atoms with Gasteiger partial charge in [-0.15, -0.1) is 0 Å². The van der Waals surface area contributed by atoms with Gasteiger partial charge in [0.05, 0.1) is 25.1 Å². The van der Waals surface area contributed by atoms with E-state index in [4.69, 9.17) is 16.3 Å². The molecule has 2 fully saturated rings. The summed E-state index contributed by atoms with van der Waals surface area (Å²) in [6.45, 7) is 0.979. The van der Waals surface area contributed by atoms with Gasteiger partial charge in [-0.05, 0) is 43.9 Å². The van der Waals surface area contributed by atoms with Gasteiger partial charge < -0.3 is 14.4 Å². The quantitative estimate of drug-likeness (QED) is 0.519. The molecule has 0 unspecified atom stereocenters. The lowest BCUT2D eigenvalue weighted by Crippen LogP contribution is -2.50. The van der Waals surface area contributed by atoms with Crippen LogP contribution in [0.1, 0.15) is 25.7 Å². The van der Waals surface area contributed by atoms with Crippen molar-refractivity contribution in [2.45, 2.75) is 31.8 Å². The highest BCUT2D eigenvalue weighted by Crippen LogP contribution is 2.30. The number of nitrogens with zero attached hydrogens (tertiary/aromatic N) is 4. The molecular weight excluding hydrogens is 484 g/mol. The third-order valence-electron chi connectivity index (χ3n) is 6.05. The van der Waals surface area contributed by atoms with Crippen LogP contribution >= 0.6 is 11.6 Å². The molecule has 1 aliphatic heterocycles. The summed E-state index contributed by atoms with van der Waals surface area (Å²) < 4.78 is 38.2. The average molecular weight is 511 g/mol. The van der Waals surface area contributed by atoms with Crippen LogP contribution in [0.4, 0.5) is 5.69 Å². The van der Waals surface area contributed by atoms with E-state index in [9.17, 15) is 18.0 Å². The van der Waals surface area contributed by atoms with Crippen molar-refractivity contribution >= 4 is 33.3 Å². The number of halogens is 1. The predicted octanol–water partition coefficient (Wildman–Crippen LogP) is 1.83. The monoisotopic (exact) mass is 510 g/mol. The van der Waals surface area contributed by atoms with Crippen molar-refractivity contribution in [1.29, 1.82) is 0 Å². The number of carbonyl (C=O) groups excluding carboxylic acids is 1. The van der Waals surface area contributed by atoms with E-state index in [2.05, 4.69) is 9.84 Å². The molecule has 2 heterocycles. The standard InChI is InChI=1S/C22H27ClN4O6S/c1-32-20(28)15-34(30,31)26-11-9-25(10-12-26)19-14-24-27(17-6-4-5-16(23)13-17)22(29)21(19)33-18-7-2-3-8-18/h4-6,13-14,18H,2-3,7-12,15H2,1H3. The molecule has 184 valence electrons. The van der Waals surface area contributed by atoms with Gasteiger partial charge in [0.2, 0.25) is 15.8 Å². The molecule has 0 bridgehead atoms. The van der Waals surface area contributed by atoms with Crippen molar-refractivity contribution in [3.8, 4) is 11.4 Å². The molecule has 34 heavy (non-hydrogen) atoms. The van der Waals surface area contributed by atoms with E-state index in [0.29, 0.717) is 29.5 Å². The predicted molar refractivity (Wildman–Crippen MR) is 127 cm³/mol. The smallest absolute Gasteiger partial charge is 0.322 e. The van der Waals surface area contributed by atoms with Crippen LogP contribution < -0.4 is 15.2 Å². The number of ether oxygens (including phenoxy) is 2. The van der Waals surface area contributed by atoms with Crippen LogP contribution in [-0.4, -0.2) is 73.6 Å². The minimum atomic E-state index is -3.78. The summed E-state index contributed by atoms with van der Waals surface area (Å²) in [5.74, 6) is -1.30. The maximum Gasteiger partial charge on any atom is 0.322 e. The van der Waals surface area contributed by atoms with E-state index < -0.39 is 27.3 Å². The van der Waals surface area contributed by atoms with Crippen LogP contribution in [0, 0.1) is 0 Å². The van der Waals surface area contributed by atoms with Crippen LogP contribution in [0.5, 0.6) is 5.75 Å². The Balaban J connectivity index is 1.61. The molecule has 0 N–H and O–H groups in total. The fraction of sp³-hybridized carbons (Fsp3) is 0.500. The zero-order valence-corrected chi connectivity index (χ0v) is 20.4. The van der Waals surface area contributed by atoms with Gasteiger partial charge in [-0.1, -0.05) is 17.7 Å². The first kappa shape index (κ1) is 24.5. The molecule has 12 heteroatoms. The number of esters is 1. The lowest BCUT2D eigenvalue weighted by molar-refractivity contribution is -0.137. The van der Waals surface area contributed by atoms with Gasteiger partial charge in [0.15, 0.2) is 5.75 Å². The summed E-state index contributed by atoms with van der Waals surface area (Å²) in [6.07, 6.45) is 5.36. The average Bonchev–Trinajstić information content (AvgIpc) is 3.33. The van der Waals surface area contributed by atoms with Crippen molar-refractivity contribution in [3.05, 3.63) is 45.8 Å². The van der Waals surface area contributed by atoms with Crippen molar-refractivity contribution in [3.63, 3.8) is 0 Å². The number of anilines is 1. The van der Waals surface area contributed by atoms with E-state index in [0.717, 1.165) is 32.8 Å². The molecule has 0 atom stereocenters. The second-order valence-corrected chi connectivity index (χ2v) is 10.7. The normalized spacial score (nSPS) is 17.6. The van der Waals surface area contributed by atoms with Crippen LogP contribution in [0.3, 0.4) is 0 Å². The highest BCUT2D eigenvalue weighted by molar-refractivity contribution is 7.89. The molecule has 0 amide bonds. The van der Waals surface area contributed by atoms with Crippen LogP contribution in [-0.2, 0) is 19.6 Å². The van der Waals surface area contributed by atoms with E-state index in [1.54, 1.807) is 30.5 Å². The van der Waals surface area contributed by atoms with Crippen LogP contribution in [0.25, 0.3) is 5.69 Å². The molecule has 1 saturated heterocycles. The summed E-state index contributed by atoms with van der Waals surface area (Å²) in [6, 6.07) is 6.85. The Kier molecular flexibility index (Phi) is 7.44. The third-order valence-corrected chi connectivity index (χ3v) is 8.04. The molecule has 1 aromatic heterocycles. The maximum absolute atomic E-state index is 13.5. The van der Waals surface area contributed by atoms with Gasteiger partial charge in [0.25, 0.3) is 0 Å². The topological polar surface area (TPSA) is 111 Å². The van der Waals surface area contributed by atoms with Crippen LogP contribution in [0.2, 0.25) is 5.02 Å². The number of benzene rings is 1. The summed E-state index contributed by atoms with van der Waals surface area (Å²) >= 11 is 6.10. The summed E-state index contributed by atoms with van der Waals surface area (Å²) in [4.78, 5) is 26.8. The molecule has 2 aromatic rings. The van der Waals surface area contributed by atoms with E-state index >= 15 is 0 Å².